The molecule has 0 bridgehead atoms. The summed E-state index contributed by atoms with van der Waals surface area (Å²) >= 11 is 0. The molecule has 0 aromatic carbocycles. The van der Waals surface area contributed by atoms with Crippen LogP contribution in [0.5, 0.6) is 0 Å². The van der Waals surface area contributed by atoms with Crippen LogP contribution >= 0.6 is 0 Å². The van der Waals surface area contributed by atoms with E-state index in [1.54, 1.807) is 7.05 Å². The number of aromatic nitrogens is 2. The first-order valence-corrected chi connectivity index (χ1v) is 6.82. The van der Waals surface area contributed by atoms with E-state index in [4.69, 9.17) is 5.73 Å². The van der Waals surface area contributed by atoms with Crippen molar-refractivity contribution in [3.63, 3.8) is 0 Å². The predicted molar refractivity (Wildman–Crippen MR) is 82.0 cm³/mol. The second kappa shape index (κ2) is 6.13. The molecule has 1 aromatic rings. The molecule has 0 aliphatic rings. The van der Waals surface area contributed by atoms with Gasteiger partial charge in [0.15, 0.2) is 0 Å². The Morgan fingerprint density at radius 1 is 1.15 bits per heavy atom. The summed E-state index contributed by atoms with van der Waals surface area (Å²) in [4.78, 5) is 23.7. The summed E-state index contributed by atoms with van der Waals surface area (Å²) < 4.78 is 3.20. The summed E-state index contributed by atoms with van der Waals surface area (Å²) in [6, 6.07) is 0. The fourth-order valence-corrected chi connectivity index (χ4v) is 2.23. The van der Waals surface area contributed by atoms with Gasteiger partial charge >= 0.3 is 5.69 Å². The first kappa shape index (κ1) is 16.3. The van der Waals surface area contributed by atoms with Gasteiger partial charge in [-0.1, -0.05) is 6.92 Å². The van der Waals surface area contributed by atoms with E-state index < -0.39 is 5.69 Å². The van der Waals surface area contributed by atoms with Crippen molar-refractivity contribution in [3.05, 3.63) is 20.8 Å². The van der Waals surface area contributed by atoms with Crippen LogP contribution in [0.3, 0.4) is 0 Å². The van der Waals surface area contributed by atoms with E-state index in [0.717, 1.165) is 28.6 Å². The number of hydrogen-bond donors (Lipinski definition) is 2. The van der Waals surface area contributed by atoms with E-state index in [9.17, 15) is 9.59 Å². The zero-order valence-electron chi connectivity index (χ0n) is 13.1. The zero-order chi connectivity index (χ0) is 15.5. The SMILES string of the molecule is CCC[N+](C)(C)CCNc1c(N)n(C)c(=O)n(C)c1=O. The van der Waals surface area contributed by atoms with Crippen molar-refractivity contribution in [2.24, 2.45) is 14.1 Å². The Morgan fingerprint density at radius 3 is 2.30 bits per heavy atom. The Hall–Kier alpha value is -1.76. The average molecular weight is 284 g/mol. The molecular weight excluding hydrogens is 258 g/mol. The summed E-state index contributed by atoms with van der Waals surface area (Å²) in [7, 11) is 7.30. The predicted octanol–water partition coefficient (Wildman–Crippen LogP) is -0.435. The zero-order valence-corrected chi connectivity index (χ0v) is 13.1. The minimum atomic E-state index is -0.417. The van der Waals surface area contributed by atoms with Crippen molar-refractivity contribution >= 4 is 11.5 Å². The van der Waals surface area contributed by atoms with Gasteiger partial charge in [0.05, 0.1) is 33.7 Å². The first-order valence-electron chi connectivity index (χ1n) is 6.82. The Morgan fingerprint density at radius 2 is 1.75 bits per heavy atom. The van der Waals surface area contributed by atoms with Crippen molar-refractivity contribution in [1.82, 2.24) is 9.13 Å². The van der Waals surface area contributed by atoms with Crippen LogP contribution in [0.1, 0.15) is 13.3 Å². The van der Waals surface area contributed by atoms with Gasteiger partial charge in [-0.25, -0.2) is 4.79 Å². The molecule has 7 nitrogen and oxygen atoms in total. The van der Waals surface area contributed by atoms with Gasteiger partial charge < -0.3 is 15.5 Å². The Bertz CT molecular complexity index is 586. The summed E-state index contributed by atoms with van der Waals surface area (Å²) in [5.41, 5.74) is 5.34. The maximum atomic E-state index is 12.0. The van der Waals surface area contributed by atoms with Gasteiger partial charge in [-0.2, -0.15) is 0 Å². The maximum Gasteiger partial charge on any atom is 0.332 e. The highest BCUT2D eigenvalue weighted by Crippen LogP contribution is 2.09. The van der Waals surface area contributed by atoms with Crippen LogP contribution in [-0.4, -0.2) is 47.3 Å². The lowest BCUT2D eigenvalue weighted by Crippen LogP contribution is -2.45. The average Bonchev–Trinajstić information content (AvgIpc) is 2.38. The molecule has 0 aliphatic heterocycles. The summed E-state index contributed by atoms with van der Waals surface area (Å²) in [5, 5.41) is 3.07. The van der Waals surface area contributed by atoms with Gasteiger partial charge in [-0.3, -0.25) is 13.9 Å². The van der Waals surface area contributed by atoms with Gasteiger partial charge in [0.25, 0.3) is 5.56 Å². The molecule has 20 heavy (non-hydrogen) atoms. The molecule has 0 spiro atoms. The van der Waals surface area contributed by atoms with Crippen LogP contribution < -0.4 is 22.3 Å². The number of nitrogens with two attached hydrogens (primary N) is 1. The van der Waals surface area contributed by atoms with Gasteiger partial charge in [0.1, 0.15) is 11.5 Å². The fraction of sp³-hybridized carbons (Fsp3) is 0.692. The lowest BCUT2D eigenvalue weighted by Gasteiger charge is -2.29. The third-order valence-corrected chi connectivity index (χ3v) is 3.56. The van der Waals surface area contributed by atoms with Crippen molar-refractivity contribution in [3.8, 4) is 0 Å². The van der Waals surface area contributed by atoms with Crippen molar-refractivity contribution in [2.45, 2.75) is 13.3 Å². The molecule has 0 fully saturated rings. The topological polar surface area (TPSA) is 82.0 Å². The quantitative estimate of drug-likeness (QED) is 0.694. The number of rotatable bonds is 6. The molecule has 0 radical (unpaired) electrons. The molecule has 0 saturated heterocycles. The number of nitrogens with one attached hydrogen (secondary N) is 1. The Kier molecular flexibility index (Phi) is 4.99. The lowest BCUT2D eigenvalue weighted by atomic mass is 10.3. The highest BCUT2D eigenvalue weighted by Gasteiger charge is 2.16. The largest absolute Gasteiger partial charge is 0.383 e. The monoisotopic (exact) mass is 284 g/mol. The third-order valence-electron chi connectivity index (χ3n) is 3.56. The maximum absolute atomic E-state index is 12.0. The minimum absolute atomic E-state index is 0.180. The molecule has 0 saturated carbocycles. The fourth-order valence-electron chi connectivity index (χ4n) is 2.23. The first-order chi connectivity index (χ1) is 9.21. The normalized spacial score (nSPS) is 11.7. The number of nitrogen functional groups attached to an aromatic ring is 1. The van der Waals surface area contributed by atoms with Crippen molar-refractivity contribution in [2.75, 3.05) is 44.8 Å². The second-order valence-electron chi connectivity index (χ2n) is 5.78. The van der Waals surface area contributed by atoms with Crippen LogP contribution in [0, 0.1) is 0 Å². The van der Waals surface area contributed by atoms with Crippen molar-refractivity contribution in [1.29, 1.82) is 0 Å². The van der Waals surface area contributed by atoms with Crippen LogP contribution in [0.15, 0.2) is 9.59 Å². The van der Waals surface area contributed by atoms with Gasteiger partial charge in [-0.05, 0) is 6.42 Å². The molecule has 1 heterocycles. The van der Waals surface area contributed by atoms with Crippen LogP contribution in [0.4, 0.5) is 11.5 Å². The van der Waals surface area contributed by atoms with Crippen LogP contribution in [0.2, 0.25) is 0 Å². The van der Waals surface area contributed by atoms with Gasteiger partial charge in [0.2, 0.25) is 0 Å². The molecule has 0 amide bonds. The Balaban J connectivity index is 2.90. The molecule has 0 unspecified atom stereocenters. The Labute approximate surface area is 119 Å². The minimum Gasteiger partial charge on any atom is -0.383 e. The smallest absolute Gasteiger partial charge is 0.332 e. The third kappa shape index (κ3) is 3.41. The van der Waals surface area contributed by atoms with E-state index in [0.29, 0.717) is 12.2 Å². The highest BCUT2D eigenvalue weighted by molar-refractivity contribution is 5.60. The number of hydrogen-bond acceptors (Lipinski definition) is 4. The number of quaternary nitrogens is 1. The molecule has 3 N–H and O–H groups in total. The molecule has 0 atom stereocenters. The molecule has 0 aliphatic carbocycles. The van der Waals surface area contributed by atoms with Crippen LogP contribution in [0.25, 0.3) is 0 Å². The molecule has 114 valence electrons. The summed E-state index contributed by atoms with van der Waals surface area (Å²) in [6.07, 6.45) is 1.11. The van der Waals surface area contributed by atoms with Crippen LogP contribution in [-0.2, 0) is 14.1 Å². The van der Waals surface area contributed by atoms with E-state index in [2.05, 4.69) is 26.3 Å². The molecule has 7 heteroatoms. The standard InChI is InChI=1S/C13H25N5O2/c1-6-8-18(4,5)9-7-15-10-11(14)16(2)13(20)17(3)12(10)19/h15H,6-9H2,1-5H3,(H-,14,19)/p+1. The van der Waals surface area contributed by atoms with E-state index in [1.807, 2.05) is 0 Å². The number of nitrogens with zero attached hydrogens (tertiary/aromatic N) is 3. The lowest BCUT2D eigenvalue weighted by molar-refractivity contribution is -0.888. The van der Waals surface area contributed by atoms with E-state index in [1.165, 1.54) is 11.6 Å². The van der Waals surface area contributed by atoms with Crippen molar-refractivity contribution < 1.29 is 4.48 Å². The van der Waals surface area contributed by atoms with Gasteiger partial charge in [0, 0.05) is 14.1 Å². The summed E-state index contributed by atoms with van der Waals surface area (Å²) in [6.45, 7) is 4.72. The molecular formula is C13H26N5O2+. The van der Waals surface area contributed by atoms with E-state index >= 15 is 0 Å². The number of likely N-dealkylation sites (N-methyl/N-ethyl adjacent to an activating group) is 1. The summed E-state index contributed by atoms with van der Waals surface area (Å²) in [5.74, 6) is 0.180. The second-order valence-corrected chi connectivity index (χ2v) is 5.78. The number of anilines is 2. The molecule has 1 rings (SSSR count). The molecule has 1 aromatic heterocycles. The van der Waals surface area contributed by atoms with E-state index in [-0.39, 0.29) is 11.4 Å². The van der Waals surface area contributed by atoms with Gasteiger partial charge in [-0.15, -0.1) is 0 Å². The highest BCUT2D eigenvalue weighted by atomic mass is 16.2.